The summed E-state index contributed by atoms with van der Waals surface area (Å²) in [5.74, 6) is -0.318. The SMILES string of the molecule is COC(=O)c1cc2c(Cl)ccnc2c(Cl)c1OC. The average molecular weight is 286 g/mol. The molecular weight excluding hydrogens is 277 g/mol. The third kappa shape index (κ3) is 1.98. The normalized spacial score (nSPS) is 10.4. The van der Waals surface area contributed by atoms with E-state index in [1.165, 1.54) is 20.4 Å². The number of nitrogens with zero attached hydrogens (tertiary/aromatic N) is 1. The molecule has 2 rings (SSSR count). The van der Waals surface area contributed by atoms with Crippen molar-refractivity contribution in [3.8, 4) is 5.75 Å². The summed E-state index contributed by atoms with van der Waals surface area (Å²) in [7, 11) is 2.70. The molecule has 0 amide bonds. The zero-order valence-electron chi connectivity index (χ0n) is 9.66. The number of fused-ring (bicyclic) bond motifs is 1. The number of hydrogen-bond donors (Lipinski definition) is 0. The van der Waals surface area contributed by atoms with Crippen molar-refractivity contribution in [2.24, 2.45) is 0 Å². The molecule has 18 heavy (non-hydrogen) atoms. The number of halogens is 2. The molecule has 1 aromatic carbocycles. The van der Waals surface area contributed by atoms with Gasteiger partial charge in [0, 0.05) is 11.6 Å². The minimum absolute atomic E-state index is 0.215. The standard InChI is InChI=1S/C12H9Cl2NO3/c1-17-11-7(12(16)18-2)5-6-8(13)3-4-15-10(6)9(11)14/h3-5H,1-2H3. The topological polar surface area (TPSA) is 48.4 Å². The number of methoxy groups -OCH3 is 2. The third-order valence-corrected chi connectivity index (χ3v) is 3.17. The van der Waals surface area contributed by atoms with Crippen LogP contribution in [0.25, 0.3) is 10.9 Å². The Kier molecular flexibility index (Phi) is 3.59. The molecule has 0 saturated heterocycles. The van der Waals surface area contributed by atoms with Crippen molar-refractivity contribution in [2.75, 3.05) is 14.2 Å². The van der Waals surface area contributed by atoms with Crippen LogP contribution in [0.5, 0.6) is 5.75 Å². The maximum absolute atomic E-state index is 11.7. The van der Waals surface area contributed by atoms with Crippen molar-refractivity contribution in [3.05, 3.63) is 33.9 Å². The fourth-order valence-electron chi connectivity index (χ4n) is 1.66. The predicted octanol–water partition coefficient (Wildman–Crippen LogP) is 3.34. The van der Waals surface area contributed by atoms with E-state index in [-0.39, 0.29) is 16.3 Å². The molecule has 0 radical (unpaired) electrons. The minimum Gasteiger partial charge on any atom is -0.494 e. The number of rotatable bonds is 2. The number of ether oxygens (including phenoxy) is 2. The quantitative estimate of drug-likeness (QED) is 0.794. The molecule has 0 aliphatic heterocycles. The molecule has 0 bridgehead atoms. The number of carbonyl (C=O) groups is 1. The van der Waals surface area contributed by atoms with Gasteiger partial charge in [-0.25, -0.2) is 4.79 Å². The molecule has 0 aliphatic carbocycles. The molecule has 4 nitrogen and oxygen atoms in total. The Bertz CT molecular complexity index is 628. The Morgan fingerprint density at radius 3 is 2.67 bits per heavy atom. The molecule has 0 aliphatic rings. The van der Waals surface area contributed by atoms with Gasteiger partial charge in [-0.3, -0.25) is 4.98 Å². The summed E-state index contributed by atoms with van der Waals surface area (Å²) in [5, 5.41) is 1.26. The van der Waals surface area contributed by atoms with Gasteiger partial charge in [0.15, 0.2) is 5.75 Å². The zero-order valence-corrected chi connectivity index (χ0v) is 11.2. The molecule has 0 N–H and O–H groups in total. The van der Waals surface area contributed by atoms with E-state index < -0.39 is 5.97 Å². The fraction of sp³-hybridized carbons (Fsp3) is 0.167. The second-order valence-electron chi connectivity index (χ2n) is 3.45. The Morgan fingerprint density at radius 2 is 2.06 bits per heavy atom. The van der Waals surface area contributed by atoms with Gasteiger partial charge in [0.2, 0.25) is 0 Å². The van der Waals surface area contributed by atoms with E-state index in [2.05, 4.69) is 9.72 Å². The highest BCUT2D eigenvalue weighted by molar-refractivity contribution is 6.40. The van der Waals surface area contributed by atoms with Crippen molar-refractivity contribution in [2.45, 2.75) is 0 Å². The largest absolute Gasteiger partial charge is 0.494 e. The van der Waals surface area contributed by atoms with Crippen molar-refractivity contribution in [1.29, 1.82) is 0 Å². The Hall–Kier alpha value is -1.52. The van der Waals surface area contributed by atoms with E-state index in [1.54, 1.807) is 12.1 Å². The molecule has 0 fully saturated rings. The van der Waals surface area contributed by atoms with Crippen LogP contribution in [0.3, 0.4) is 0 Å². The van der Waals surface area contributed by atoms with Gasteiger partial charge in [0.25, 0.3) is 0 Å². The maximum atomic E-state index is 11.7. The van der Waals surface area contributed by atoms with E-state index in [0.29, 0.717) is 15.9 Å². The monoisotopic (exact) mass is 285 g/mol. The van der Waals surface area contributed by atoms with Crippen molar-refractivity contribution >= 4 is 40.1 Å². The predicted molar refractivity (Wildman–Crippen MR) is 69.7 cm³/mol. The summed E-state index contributed by atoms with van der Waals surface area (Å²) in [4.78, 5) is 15.8. The number of hydrogen-bond acceptors (Lipinski definition) is 4. The summed E-state index contributed by atoms with van der Waals surface area (Å²) in [6.07, 6.45) is 1.54. The lowest BCUT2D eigenvalue weighted by Crippen LogP contribution is -2.05. The number of esters is 1. The lowest BCUT2D eigenvalue weighted by atomic mass is 10.1. The Morgan fingerprint density at radius 1 is 1.33 bits per heavy atom. The highest BCUT2D eigenvalue weighted by Gasteiger charge is 2.20. The smallest absolute Gasteiger partial charge is 0.341 e. The van der Waals surface area contributed by atoms with Crippen LogP contribution in [0.2, 0.25) is 10.0 Å². The molecule has 94 valence electrons. The van der Waals surface area contributed by atoms with Crippen LogP contribution < -0.4 is 4.74 Å². The summed E-state index contributed by atoms with van der Waals surface area (Å²) in [6.45, 7) is 0. The summed E-state index contributed by atoms with van der Waals surface area (Å²) in [5.41, 5.74) is 0.695. The van der Waals surface area contributed by atoms with Crippen LogP contribution in [0.15, 0.2) is 18.3 Å². The third-order valence-electron chi connectivity index (χ3n) is 2.49. The molecule has 0 saturated carbocycles. The molecule has 1 aromatic heterocycles. The summed E-state index contributed by atoms with van der Waals surface area (Å²) >= 11 is 12.2. The number of pyridine rings is 1. The van der Waals surface area contributed by atoms with Crippen LogP contribution >= 0.6 is 23.2 Å². The van der Waals surface area contributed by atoms with Crippen LogP contribution in [-0.2, 0) is 4.74 Å². The van der Waals surface area contributed by atoms with Gasteiger partial charge in [-0.1, -0.05) is 23.2 Å². The zero-order chi connectivity index (χ0) is 13.3. The first kappa shape index (κ1) is 12.9. The average Bonchev–Trinajstić information content (AvgIpc) is 2.38. The van der Waals surface area contributed by atoms with E-state index >= 15 is 0 Å². The first-order chi connectivity index (χ1) is 8.60. The maximum Gasteiger partial charge on any atom is 0.341 e. The van der Waals surface area contributed by atoms with Crippen LogP contribution in [-0.4, -0.2) is 25.2 Å². The first-order valence-corrected chi connectivity index (χ1v) is 5.74. The highest BCUT2D eigenvalue weighted by atomic mass is 35.5. The molecule has 0 atom stereocenters. The highest BCUT2D eigenvalue weighted by Crippen LogP contribution is 2.37. The van der Waals surface area contributed by atoms with Gasteiger partial charge in [-0.15, -0.1) is 0 Å². The first-order valence-electron chi connectivity index (χ1n) is 4.99. The van der Waals surface area contributed by atoms with E-state index in [1.807, 2.05) is 0 Å². The minimum atomic E-state index is -0.546. The lowest BCUT2D eigenvalue weighted by Gasteiger charge is -2.11. The second kappa shape index (κ2) is 5.00. The van der Waals surface area contributed by atoms with Crippen molar-refractivity contribution in [1.82, 2.24) is 4.98 Å². The number of carbonyl (C=O) groups excluding carboxylic acids is 1. The molecule has 6 heteroatoms. The molecular formula is C12H9Cl2NO3. The molecule has 1 heterocycles. The lowest BCUT2D eigenvalue weighted by molar-refractivity contribution is 0.0597. The van der Waals surface area contributed by atoms with Crippen molar-refractivity contribution in [3.63, 3.8) is 0 Å². The van der Waals surface area contributed by atoms with Gasteiger partial charge in [0.05, 0.1) is 24.8 Å². The van der Waals surface area contributed by atoms with E-state index in [9.17, 15) is 4.79 Å². The van der Waals surface area contributed by atoms with Crippen LogP contribution in [0.4, 0.5) is 0 Å². The van der Waals surface area contributed by atoms with Gasteiger partial charge in [-0.05, 0) is 12.1 Å². The van der Waals surface area contributed by atoms with Crippen molar-refractivity contribution < 1.29 is 14.3 Å². The van der Waals surface area contributed by atoms with E-state index in [4.69, 9.17) is 27.9 Å². The van der Waals surface area contributed by atoms with Gasteiger partial charge < -0.3 is 9.47 Å². The van der Waals surface area contributed by atoms with Gasteiger partial charge in [0.1, 0.15) is 10.6 Å². The van der Waals surface area contributed by atoms with E-state index in [0.717, 1.165) is 0 Å². The summed E-state index contributed by atoms with van der Waals surface area (Å²) < 4.78 is 9.81. The molecule has 0 spiro atoms. The Labute approximate surface area is 113 Å². The van der Waals surface area contributed by atoms with Gasteiger partial charge >= 0.3 is 5.97 Å². The second-order valence-corrected chi connectivity index (χ2v) is 4.24. The van der Waals surface area contributed by atoms with Crippen LogP contribution in [0.1, 0.15) is 10.4 Å². The molecule has 0 unspecified atom stereocenters. The van der Waals surface area contributed by atoms with Gasteiger partial charge in [-0.2, -0.15) is 0 Å². The summed E-state index contributed by atoms with van der Waals surface area (Å²) in [6, 6.07) is 3.18. The van der Waals surface area contributed by atoms with Crippen LogP contribution in [0, 0.1) is 0 Å². The number of aromatic nitrogens is 1. The Balaban J connectivity index is 2.86. The molecule has 2 aromatic rings. The fourth-order valence-corrected chi connectivity index (χ4v) is 2.19. The number of benzene rings is 1.